The van der Waals surface area contributed by atoms with Crippen LogP contribution >= 0.6 is 15.9 Å². The van der Waals surface area contributed by atoms with Crippen molar-refractivity contribution in [3.8, 4) is 5.75 Å². The molecular weight excluding hydrogens is 606 g/mol. The molecule has 41 heavy (non-hydrogen) atoms. The second-order valence-electron chi connectivity index (χ2n) is 9.87. The van der Waals surface area contributed by atoms with E-state index in [4.69, 9.17) is 4.74 Å². The van der Waals surface area contributed by atoms with Crippen LogP contribution in [-0.4, -0.2) is 56.6 Å². The van der Waals surface area contributed by atoms with E-state index in [0.717, 1.165) is 32.6 Å². The van der Waals surface area contributed by atoms with Gasteiger partial charge in [0.05, 0.1) is 18.6 Å². The molecule has 3 rings (SSSR count). The van der Waals surface area contributed by atoms with E-state index in [1.54, 1.807) is 24.3 Å². The Bertz CT molecular complexity index is 1380. The second-order valence-corrected chi connectivity index (χ2v) is 12.7. The minimum absolute atomic E-state index is 0.0956. The normalized spacial score (nSPS) is 12.7. The molecule has 10 heteroatoms. The average molecular weight is 645 g/mol. The summed E-state index contributed by atoms with van der Waals surface area (Å²) in [7, 11) is -3.84. The quantitative estimate of drug-likeness (QED) is 0.262. The number of hydrogen-bond donors (Lipinski definition) is 1. The first-order chi connectivity index (χ1) is 19.5. The summed E-state index contributed by atoms with van der Waals surface area (Å²) >= 11 is 3.44. The van der Waals surface area contributed by atoms with E-state index in [0.29, 0.717) is 18.0 Å². The van der Waals surface area contributed by atoms with E-state index in [1.807, 2.05) is 75.4 Å². The standard InChI is InChI=1S/C31H38BrN3O5S/c1-5-23(3)33-31(37)29(20-24-10-8-7-9-11-24)34(21-25-12-14-26(32)15-13-25)30(36)22-35(41(4,38)39)27-16-18-28(19-17-27)40-6-2/h7-19,23,29H,5-6,20-22H2,1-4H3,(H,33,37)/t23-,29+/m0/s1. The number of halogens is 1. The van der Waals surface area contributed by atoms with E-state index < -0.39 is 28.5 Å². The number of nitrogens with one attached hydrogen (secondary N) is 1. The highest BCUT2D eigenvalue weighted by Crippen LogP contribution is 2.23. The molecule has 2 amide bonds. The topological polar surface area (TPSA) is 96.0 Å². The molecule has 0 aliphatic carbocycles. The fourth-order valence-electron chi connectivity index (χ4n) is 4.27. The molecule has 0 saturated carbocycles. The largest absolute Gasteiger partial charge is 0.494 e. The first kappa shape index (κ1) is 32.1. The number of rotatable bonds is 14. The highest BCUT2D eigenvalue weighted by Gasteiger charge is 2.33. The van der Waals surface area contributed by atoms with Crippen LogP contribution in [-0.2, 0) is 32.6 Å². The van der Waals surface area contributed by atoms with Crippen molar-refractivity contribution in [1.82, 2.24) is 10.2 Å². The van der Waals surface area contributed by atoms with E-state index in [-0.39, 0.29) is 24.9 Å². The Hall–Kier alpha value is -3.37. The van der Waals surface area contributed by atoms with E-state index in [1.165, 1.54) is 4.90 Å². The van der Waals surface area contributed by atoms with Gasteiger partial charge < -0.3 is 15.0 Å². The predicted octanol–water partition coefficient (Wildman–Crippen LogP) is 5.17. The number of anilines is 1. The van der Waals surface area contributed by atoms with E-state index in [9.17, 15) is 18.0 Å². The average Bonchev–Trinajstić information content (AvgIpc) is 2.95. The van der Waals surface area contributed by atoms with Crippen molar-refractivity contribution in [1.29, 1.82) is 0 Å². The van der Waals surface area contributed by atoms with Crippen molar-refractivity contribution >= 4 is 43.5 Å². The van der Waals surface area contributed by atoms with Gasteiger partial charge in [-0.05, 0) is 67.8 Å². The minimum Gasteiger partial charge on any atom is -0.494 e. The first-order valence-electron chi connectivity index (χ1n) is 13.6. The Kier molecular flexibility index (Phi) is 11.8. The third-order valence-corrected chi connectivity index (χ3v) is 8.32. The Morgan fingerprint density at radius 3 is 2.12 bits per heavy atom. The smallest absolute Gasteiger partial charge is 0.244 e. The zero-order valence-electron chi connectivity index (χ0n) is 23.9. The van der Waals surface area contributed by atoms with Gasteiger partial charge in [-0.1, -0.05) is 65.3 Å². The molecule has 0 radical (unpaired) electrons. The molecule has 2 atom stereocenters. The summed E-state index contributed by atoms with van der Waals surface area (Å²) in [5.74, 6) is -0.189. The molecule has 1 N–H and O–H groups in total. The molecule has 0 aliphatic heterocycles. The van der Waals surface area contributed by atoms with Crippen LogP contribution in [0.1, 0.15) is 38.3 Å². The summed E-state index contributed by atoms with van der Waals surface area (Å²) in [5.41, 5.74) is 2.02. The third kappa shape index (κ3) is 9.60. The van der Waals surface area contributed by atoms with Crippen LogP contribution in [0.5, 0.6) is 5.75 Å². The minimum atomic E-state index is -3.84. The van der Waals surface area contributed by atoms with Gasteiger partial charge in [-0.3, -0.25) is 13.9 Å². The zero-order valence-corrected chi connectivity index (χ0v) is 26.3. The van der Waals surface area contributed by atoms with Crippen LogP contribution in [0.4, 0.5) is 5.69 Å². The maximum Gasteiger partial charge on any atom is 0.244 e. The number of carbonyl (C=O) groups is 2. The van der Waals surface area contributed by atoms with Gasteiger partial charge in [-0.15, -0.1) is 0 Å². The fraction of sp³-hybridized carbons (Fsp3) is 0.355. The van der Waals surface area contributed by atoms with E-state index >= 15 is 0 Å². The number of sulfonamides is 1. The lowest BCUT2D eigenvalue weighted by Crippen LogP contribution is -2.54. The molecule has 0 heterocycles. The zero-order chi connectivity index (χ0) is 30.0. The Morgan fingerprint density at radius 2 is 1.56 bits per heavy atom. The molecule has 0 spiro atoms. The van der Waals surface area contributed by atoms with Gasteiger partial charge in [0.2, 0.25) is 21.8 Å². The molecule has 0 aromatic heterocycles. The molecule has 8 nitrogen and oxygen atoms in total. The SMILES string of the molecule is CCOc1ccc(N(CC(=O)N(Cc2ccc(Br)cc2)[C@H](Cc2ccccc2)C(=O)N[C@@H](C)CC)S(C)(=O)=O)cc1. The van der Waals surface area contributed by atoms with Gasteiger partial charge in [-0.2, -0.15) is 0 Å². The molecule has 0 fully saturated rings. The van der Waals surface area contributed by atoms with Crippen LogP contribution in [0.3, 0.4) is 0 Å². The maximum absolute atomic E-state index is 14.1. The lowest BCUT2D eigenvalue weighted by atomic mass is 10.0. The van der Waals surface area contributed by atoms with Gasteiger partial charge in [0, 0.05) is 23.5 Å². The molecule has 220 valence electrons. The van der Waals surface area contributed by atoms with Crippen LogP contribution in [0.2, 0.25) is 0 Å². The molecular formula is C31H38BrN3O5S. The van der Waals surface area contributed by atoms with Crippen molar-refractivity contribution in [2.75, 3.05) is 23.7 Å². The monoisotopic (exact) mass is 643 g/mol. The third-order valence-electron chi connectivity index (χ3n) is 6.65. The van der Waals surface area contributed by atoms with Gasteiger partial charge >= 0.3 is 0 Å². The lowest BCUT2D eigenvalue weighted by Gasteiger charge is -2.34. The van der Waals surface area contributed by atoms with Crippen LogP contribution in [0.25, 0.3) is 0 Å². The van der Waals surface area contributed by atoms with Gasteiger partial charge in [0.25, 0.3) is 0 Å². The second kappa shape index (κ2) is 15.0. The molecule has 0 saturated heterocycles. The summed E-state index contributed by atoms with van der Waals surface area (Å²) in [4.78, 5) is 29.3. The number of carbonyl (C=O) groups excluding carboxylic acids is 2. The first-order valence-corrected chi connectivity index (χ1v) is 16.2. The van der Waals surface area contributed by atoms with E-state index in [2.05, 4.69) is 21.2 Å². The van der Waals surface area contributed by atoms with Crippen LogP contribution in [0, 0.1) is 0 Å². The summed E-state index contributed by atoms with van der Waals surface area (Å²) in [6, 6.07) is 22.5. The Morgan fingerprint density at radius 1 is 0.927 bits per heavy atom. The number of ether oxygens (including phenoxy) is 1. The van der Waals surface area contributed by atoms with Crippen LogP contribution < -0.4 is 14.4 Å². The van der Waals surface area contributed by atoms with Crippen LogP contribution in [0.15, 0.2) is 83.3 Å². The van der Waals surface area contributed by atoms with Crippen molar-refractivity contribution in [2.24, 2.45) is 0 Å². The Balaban J connectivity index is 2.03. The molecule has 3 aromatic carbocycles. The van der Waals surface area contributed by atoms with Gasteiger partial charge in [0.15, 0.2) is 0 Å². The Labute approximate surface area is 251 Å². The number of nitrogens with zero attached hydrogens (tertiary/aromatic N) is 2. The lowest BCUT2D eigenvalue weighted by molar-refractivity contribution is -0.140. The highest BCUT2D eigenvalue weighted by atomic mass is 79.9. The van der Waals surface area contributed by atoms with Crippen molar-refractivity contribution in [3.63, 3.8) is 0 Å². The molecule has 0 unspecified atom stereocenters. The van der Waals surface area contributed by atoms with Crippen molar-refractivity contribution < 1.29 is 22.7 Å². The number of benzene rings is 3. The summed E-state index contributed by atoms with van der Waals surface area (Å²) < 4.78 is 33.3. The summed E-state index contributed by atoms with van der Waals surface area (Å²) in [6.45, 7) is 5.88. The summed E-state index contributed by atoms with van der Waals surface area (Å²) in [6.07, 6.45) is 2.06. The fourth-order valence-corrected chi connectivity index (χ4v) is 5.38. The predicted molar refractivity (Wildman–Crippen MR) is 166 cm³/mol. The van der Waals surface area contributed by atoms with Crippen molar-refractivity contribution in [2.45, 2.75) is 52.2 Å². The summed E-state index contributed by atoms with van der Waals surface area (Å²) in [5, 5.41) is 3.03. The highest BCUT2D eigenvalue weighted by molar-refractivity contribution is 9.10. The van der Waals surface area contributed by atoms with Gasteiger partial charge in [0.1, 0.15) is 18.3 Å². The molecule has 3 aromatic rings. The number of amides is 2. The molecule has 0 bridgehead atoms. The molecule has 0 aliphatic rings. The number of hydrogen-bond acceptors (Lipinski definition) is 5. The maximum atomic E-state index is 14.1. The van der Waals surface area contributed by atoms with Crippen molar-refractivity contribution in [3.05, 3.63) is 94.5 Å². The van der Waals surface area contributed by atoms with Gasteiger partial charge in [-0.25, -0.2) is 8.42 Å².